The van der Waals surface area contributed by atoms with Crippen molar-refractivity contribution in [1.82, 2.24) is 9.78 Å². The van der Waals surface area contributed by atoms with Gasteiger partial charge in [0.05, 0.1) is 0 Å². The van der Waals surface area contributed by atoms with E-state index in [0.717, 1.165) is 40.9 Å². The predicted molar refractivity (Wildman–Crippen MR) is 121 cm³/mol. The lowest BCUT2D eigenvalue weighted by molar-refractivity contribution is 0.251. The summed E-state index contributed by atoms with van der Waals surface area (Å²) in [7, 11) is 0. The van der Waals surface area contributed by atoms with Crippen LogP contribution in [0.2, 0.25) is 5.02 Å². The number of carbonyl (C=O) groups excluding carboxylic acids is 1. The molecule has 1 N–H and O–H groups in total. The number of benzene rings is 3. The number of carbonyl (C=O) groups is 1. The standard InChI is InChI=1S/C25H20ClN3O/c26-21-12-9-19(10-13-21)24-23(18-5-2-1-3-6-18)16-29(28-24)25(30)27-22-14-11-17-7-4-8-20(17)15-22/h1-3,5-6,9-16H,4,7-8H2,(H,27,30). The van der Waals surface area contributed by atoms with Gasteiger partial charge in [-0.1, -0.05) is 60.1 Å². The SMILES string of the molecule is O=C(Nc1ccc2c(c1)CCC2)n1cc(-c2ccccc2)c(-c2ccc(Cl)cc2)n1. The van der Waals surface area contributed by atoms with Gasteiger partial charge in [0.1, 0.15) is 5.69 Å². The third kappa shape index (κ3) is 3.62. The van der Waals surface area contributed by atoms with E-state index in [9.17, 15) is 4.79 Å². The lowest BCUT2D eigenvalue weighted by atomic mass is 10.0. The van der Waals surface area contributed by atoms with Crippen molar-refractivity contribution in [3.8, 4) is 22.4 Å². The lowest BCUT2D eigenvalue weighted by Gasteiger charge is -2.07. The second-order valence-corrected chi connectivity index (χ2v) is 7.91. The molecule has 0 fully saturated rings. The third-order valence-electron chi connectivity index (χ3n) is 5.47. The Balaban J connectivity index is 1.50. The summed E-state index contributed by atoms with van der Waals surface area (Å²) in [5.74, 6) is 0. The fraction of sp³-hybridized carbons (Fsp3) is 0.120. The van der Waals surface area contributed by atoms with Crippen LogP contribution < -0.4 is 5.32 Å². The topological polar surface area (TPSA) is 46.9 Å². The predicted octanol–water partition coefficient (Wildman–Crippen LogP) is 6.44. The Kier molecular flexibility index (Phi) is 4.85. The molecule has 0 spiro atoms. The average Bonchev–Trinajstić information content (AvgIpc) is 3.42. The van der Waals surface area contributed by atoms with E-state index in [1.165, 1.54) is 22.2 Å². The first-order valence-electron chi connectivity index (χ1n) is 10.0. The first-order chi connectivity index (χ1) is 14.7. The largest absolute Gasteiger partial charge is 0.346 e. The molecule has 3 aromatic carbocycles. The van der Waals surface area contributed by atoms with Crippen molar-refractivity contribution in [3.05, 3.63) is 95.1 Å². The molecule has 1 aliphatic rings. The molecule has 0 saturated carbocycles. The molecular weight excluding hydrogens is 394 g/mol. The molecule has 0 atom stereocenters. The molecule has 0 unspecified atom stereocenters. The highest BCUT2D eigenvalue weighted by Crippen LogP contribution is 2.32. The highest BCUT2D eigenvalue weighted by molar-refractivity contribution is 6.30. The molecule has 30 heavy (non-hydrogen) atoms. The van der Waals surface area contributed by atoms with Crippen LogP contribution in [-0.4, -0.2) is 15.8 Å². The number of rotatable bonds is 3. The number of aryl methyl sites for hydroxylation is 2. The minimum absolute atomic E-state index is 0.287. The van der Waals surface area contributed by atoms with Crippen molar-refractivity contribution in [2.24, 2.45) is 0 Å². The lowest BCUT2D eigenvalue weighted by Crippen LogP contribution is -2.20. The summed E-state index contributed by atoms with van der Waals surface area (Å²) in [5.41, 5.74) is 7.03. The molecule has 1 amide bonds. The van der Waals surface area contributed by atoms with Crippen LogP contribution in [0.4, 0.5) is 10.5 Å². The average molecular weight is 414 g/mol. The number of hydrogen-bond acceptors (Lipinski definition) is 2. The summed E-state index contributed by atoms with van der Waals surface area (Å²) in [6, 6.07) is 23.3. The fourth-order valence-corrected chi connectivity index (χ4v) is 4.08. The number of anilines is 1. The Morgan fingerprint density at radius 2 is 1.67 bits per heavy atom. The number of amides is 1. The number of halogens is 1. The minimum atomic E-state index is -0.287. The fourth-order valence-electron chi connectivity index (χ4n) is 3.96. The second kappa shape index (κ2) is 7.81. The van der Waals surface area contributed by atoms with Gasteiger partial charge >= 0.3 is 6.03 Å². The zero-order chi connectivity index (χ0) is 20.5. The van der Waals surface area contributed by atoms with Gasteiger partial charge in [0, 0.05) is 28.0 Å². The van der Waals surface area contributed by atoms with Crippen LogP contribution in [0.25, 0.3) is 22.4 Å². The maximum absolute atomic E-state index is 13.0. The number of nitrogens with zero attached hydrogens (tertiary/aromatic N) is 2. The Morgan fingerprint density at radius 1 is 0.900 bits per heavy atom. The maximum Gasteiger partial charge on any atom is 0.346 e. The number of nitrogens with one attached hydrogen (secondary N) is 1. The normalized spacial score (nSPS) is 12.6. The van der Waals surface area contributed by atoms with E-state index in [-0.39, 0.29) is 6.03 Å². The molecule has 4 nitrogen and oxygen atoms in total. The summed E-state index contributed by atoms with van der Waals surface area (Å²) >= 11 is 6.05. The van der Waals surface area contributed by atoms with Crippen LogP contribution >= 0.6 is 11.6 Å². The Morgan fingerprint density at radius 3 is 2.47 bits per heavy atom. The molecule has 0 radical (unpaired) electrons. The van der Waals surface area contributed by atoms with Crippen molar-refractivity contribution in [2.75, 3.05) is 5.32 Å². The summed E-state index contributed by atoms with van der Waals surface area (Å²) in [5, 5.41) is 8.26. The Bertz CT molecular complexity index is 1210. The number of fused-ring (bicyclic) bond motifs is 1. The van der Waals surface area contributed by atoms with Gasteiger partial charge in [-0.25, -0.2) is 4.79 Å². The van der Waals surface area contributed by atoms with E-state index in [1.807, 2.05) is 60.7 Å². The zero-order valence-corrected chi connectivity index (χ0v) is 17.1. The van der Waals surface area contributed by atoms with E-state index < -0.39 is 0 Å². The molecule has 1 heterocycles. The molecule has 1 aromatic heterocycles. The van der Waals surface area contributed by atoms with E-state index in [0.29, 0.717) is 5.02 Å². The molecule has 0 saturated heterocycles. The molecule has 5 heteroatoms. The molecule has 1 aliphatic carbocycles. The van der Waals surface area contributed by atoms with E-state index in [2.05, 4.69) is 22.5 Å². The summed E-state index contributed by atoms with van der Waals surface area (Å²) in [6.07, 6.45) is 5.14. The monoisotopic (exact) mass is 413 g/mol. The van der Waals surface area contributed by atoms with Crippen LogP contribution in [-0.2, 0) is 12.8 Å². The molecule has 148 valence electrons. The van der Waals surface area contributed by atoms with E-state index in [4.69, 9.17) is 11.6 Å². The van der Waals surface area contributed by atoms with Crippen molar-refractivity contribution >= 4 is 23.3 Å². The third-order valence-corrected chi connectivity index (χ3v) is 5.73. The summed E-state index contributed by atoms with van der Waals surface area (Å²) < 4.78 is 1.37. The minimum Gasteiger partial charge on any atom is -0.306 e. The maximum atomic E-state index is 13.0. The smallest absolute Gasteiger partial charge is 0.306 e. The molecular formula is C25H20ClN3O. The van der Waals surface area contributed by atoms with Crippen LogP contribution in [0.3, 0.4) is 0 Å². The highest BCUT2D eigenvalue weighted by Gasteiger charge is 2.17. The van der Waals surface area contributed by atoms with Crippen molar-refractivity contribution in [2.45, 2.75) is 19.3 Å². The molecule has 5 rings (SSSR count). The Hall–Kier alpha value is -3.37. The van der Waals surface area contributed by atoms with Gasteiger partial charge in [-0.15, -0.1) is 0 Å². The quantitative estimate of drug-likeness (QED) is 0.420. The van der Waals surface area contributed by atoms with Gasteiger partial charge in [-0.2, -0.15) is 9.78 Å². The first kappa shape index (κ1) is 18.6. The molecule has 4 aromatic rings. The van der Waals surface area contributed by atoms with E-state index >= 15 is 0 Å². The van der Waals surface area contributed by atoms with Crippen LogP contribution in [0.1, 0.15) is 17.5 Å². The van der Waals surface area contributed by atoms with Crippen molar-refractivity contribution in [3.63, 3.8) is 0 Å². The first-order valence-corrected chi connectivity index (χ1v) is 10.4. The molecule has 0 bridgehead atoms. The van der Waals surface area contributed by atoms with Gasteiger partial charge in [-0.05, 0) is 60.2 Å². The highest BCUT2D eigenvalue weighted by atomic mass is 35.5. The van der Waals surface area contributed by atoms with Crippen LogP contribution in [0.15, 0.2) is 79.0 Å². The summed E-state index contributed by atoms with van der Waals surface area (Å²) in [4.78, 5) is 13.0. The molecule has 0 aliphatic heterocycles. The summed E-state index contributed by atoms with van der Waals surface area (Å²) in [6.45, 7) is 0. The number of hydrogen-bond donors (Lipinski definition) is 1. The van der Waals surface area contributed by atoms with Gasteiger partial charge < -0.3 is 5.32 Å². The zero-order valence-electron chi connectivity index (χ0n) is 16.3. The van der Waals surface area contributed by atoms with E-state index in [1.54, 1.807) is 6.20 Å². The second-order valence-electron chi connectivity index (χ2n) is 7.48. The van der Waals surface area contributed by atoms with Gasteiger partial charge in [0.15, 0.2) is 0 Å². The number of aromatic nitrogens is 2. The van der Waals surface area contributed by atoms with Gasteiger partial charge in [0.2, 0.25) is 0 Å². The van der Waals surface area contributed by atoms with Crippen LogP contribution in [0.5, 0.6) is 0 Å². The van der Waals surface area contributed by atoms with Crippen molar-refractivity contribution < 1.29 is 4.79 Å². The van der Waals surface area contributed by atoms with Crippen molar-refractivity contribution in [1.29, 1.82) is 0 Å². The van der Waals surface area contributed by atoms with Gasteiger partial charge in [-0.3, -0.25) is 0 Å². The Labute approximate surface area is 180 Å². The van der Waals surface area contributed by atoms with Gasteiger partial charge in [0.25, 0.3) is 0 Å². The van der Waals surface area contributed by atoms with Crippen LogP contribution in [0, 0.1) is 0 Å².